The fourth-order valence-electron chi connectivity index (χ4n) is 0.351. The fraction of sp³-hybridized carbons (Fsp3) is 0.800. The van der Waals surface area contributed by atoms with Gasteiger partial charge in [-0.2, -0.15) is 0 Å². The molecule has 0 aromatic carbocycles. The smallest absolute Gasteiger partial charge is 0.319 e. The van der Waals surface area contributed by atoms with E-state index in [2.05, 4.69) is 9.57 Å². The molecular weight excluding hydrogens is 170 g/mol. The van der Waals surface area contributed by atoms with Gasteiger partial charge in [0.2, 0.25) is 0 Å². The van der Waals surface area contributed by atoms with Crippen molar-refractivity contribution in [1.29, 1.82) is 0 Å². The molecule has 7 nitrogen and oxygen atoms in total. The molecule has 0 atom stereocenters. The number of amides is 1. The quantitative estimate of drug-likeness (QED) is 0.330. The van der Waals surface area contributed by atoms with Gasteiger partial charge in [0.15, 0.2) is 0 Å². The van der Waals surface area contributed by atoms with Gasteiger partial charge in [0.1, 0.15) is 6.61 Å². The first-order chi connectivity index (χ1) is 5.37. The van der Waals surface area contributed by atoms with E-state index in [9.17, 15) is 4.79 Å². The van der Waals surface area contributed by atoms with Crippen molar-refractivity contribution in [2.75, 3.05) is 20.8 Å². The lowest BCUT2D eigenvalue weighted by atomic mass is 10.6. The van der Waals surface area contributed by atoms with Gasteiger partial charge in [-0.15, -0.1) is 0 Å². The van der Waals surface area contributed by atoms with E-state index in [4.69, 9.17) is 15.3 Å². The zero-order valence-corrected chi connectivity index (χ0v) is 6.72. The van der Waals surface area contributed by atoms with Crippen LogP contribution in [0.15, 0.2) is 0 Å². The Morgan fingerprint density at radius 3 is 2.33 bits per heavy atom. The summed E-state index contributed by atoms with van der Waals surface area (Å²) in [5.41, 5.74) is 0. The van der Waals surface area contributed by atoms with E-state index in [0.29, 0.717) is 0 Å². The van der Waals surface area contributed by atoms with E-state index in [-0.39, 0.29) is 0 Å². The summed E-state index contributed by atoms with van der Waals surface area (Å²) in [5.74, 6) is -0.668. The van der Waals surface area contributed by atoms with Gasteiger partial charge in [0.25, 0.3) is 5.91 Å². The highest BCUT2D eigenvalue weighted by atomic mass is 16.9. The number of aliphatic hydroxyl groups is 3. The van der Waals surface area contributed by atoms with E-state index < -0.39 is 18.7 Å². The summed E-state index contributed by atoms with van der Waals surface area (Å²) in [6.07, 6.45) is -3.29. The Bertz CT molecular complexity index is 153. The fourth-order valence-corrected chi connectivity index (χ4v) is 0.351. The molecule has 3 N–H and O–H groups in total. The molecule has 12 heavy (non-hydrogen) atoms. The van der Waals surface area contributed by atoms with E-state index in [1.54, 1.807) is 0 Å². The maximum absolute atomic E-state index is 10.8. The minimum Gasteiger partial charge on any atom is -0.319 e. The molecule has 0 aliphatic heterocycles. The van der Waals surface area contributed by atoms with E-state index in [1.165, 1.54) is 14.2 Å². The van der Waals surface area contributed by atoms with Crippen molar-refractivity contribution in [2.45, 2.75) is 6.16 Å². The number of nitrogens with zero attached hydrogens (tertiary/aromatic N) is 1. The van der Waals surface area contributed by atoms with Crippen molar-refractivity contribution < 1.29 is 29.7 Å². The van der Waals surface area contributed by atoms with Crippen molar-refractivity contribution in [2.24, 2.45) is 0 Å². The number of hydroxylamine groups is 2. The van der Waals surface area contributed by atoms with Gasteiger partial charge in [-0.25, -0.2) is 5.06 Å². The lowest BCUT2D eigenvalue weighted by Gasteiger charge is -2.17. The van der Waals surface area contributed by atoms with Gasteiger partial charge in [-0.05, 0) is 0 Å². The average Bonchev–Trinajstić information content (AvgIpc) is 1.97. The van der Waals surface area contributed by atoms with Gasteiger partial charge in [0, 0.05) is 7.05 Å². The highest BCUT2D eigenvalue weighted by Gasteiger charge is 2.22. The van der Waals surface area contributed by atoms with Crippen LogP contribution in [-0.2, 0) is 14.4 Å². The lowest BCUT2D eigenvalue weighted by molar-refractivity contribution is -0.452. The number of hydrogen-bond acceptors (Lipinski definition) is 6. The largest absolute Gasteiger partial charge is 0.405 e. The number of likely N-dealkylation sites (N-methyl/N-ethyl adjacent to an activating group) is 1. The predicted molar refractivity (Wildman–Crippen MR) is 35.1 cm³/mol. The van der Waals surface area contributed by atoms with Gasteiger partial charge in [0.05, 0.1) is 7.11 Å². The molecule has 0 saturated heterocycles. The summed E-state index contributed by atoms with van der Waals surface area (Å²) in [4.78, 5) is 15.2. The molecule has 0 saturated carbocycles. The molecular formula is C5H11NO6. The molecule has 0 bridgehead atoms. The Morgan fingerprint density at radius 2 is 2.00 bits per heavy atom. The maximum Gasteiger partial charge on any atom is 0.405 e. The average molecular weight is 181 g/mol. The number of carbonyl (C=O) groups is 1. The van der Waals surface area contributed by atoms with Crippen molar-refractivity contribution in [3.63, 3.8) is 0 Å². The summed E-state index contributed by atoms with van der Waals surface area (Å²) in [5, 5.41) is 25.4. The van der Waals surface area contributed by atoms with E-state index >= 15 is 0 Å². The number of ether oxygens (including phenoxy) is 1. The highest BCUT2D eigenvalue weighted by molar-refractivity contribution is 5.76. The van der Waals surface area contributed by atoms with Crippen LogP contribution in [0.5, 0.6) is 0 Å². The lowest BCUT2D eigenvalue weighted by Crippen LogP contribution is -2.37. The third-order valence-corrected chi connectivity index (χ3v) is 1.01. The molecule has 1 amide bonds. The molecule has 0 aliphatic rings. The molecule has 0 rings (SSSR count). The number of carbonyl (C=O) groups excluding carboxylic acids is 1. The molecule has 72 valence electrons. The van der Waals surface area contributed by atoms with Crippen molar-refractivity contribution in [1.82, 2.24) is 5.06 Å². The van der Waals surface area contributed by atoms with Gasteiger partial charge >= 0.3 is 6.16 Å². The molecule has 7 heteroatoms. The first-order valence-electron chi connectivity index (χ1n) is 2.98. The monoisotopic (exact) mass is 181 g/mol. The molecule has 0 aromatic heterocycles. The number of hydrogen-bond donors (Lipinski definition) is 3. The van der Waals surface area contributed by atoms with Crippen LogP contribution in [0.4, 0.5) is 0 Å². The van der Waals surface area contributed by atoms with Crippen LogP contribution in [0, 0.1) is 0 Å². The highest BCUT2D eigenvalue weighted by Crippen LogP contribution is 1.96. The molecule has 0 heterocycles. The SMILES string of the molecule is CON(C)C(=O)COC(O)(O)O. The first-order valence-corrected chi connectivity index (χ1v) is 2.98. The summed E-state index contributed by atoms with van der Waals surface area (Å²) in [7, 11) is 2.56. The van der Waals surface area contributed by atoms with Crippen LogP contribution in [0.3, 0.4) is 0 Å². The molecule has 0 aliphatic carbocycles. The minimum absolute atomic E-state index is 0.668. The Kier molecular flexibility index (Phi) is 4.07. The maximum atomic E-state index is 10.8. The second-order valence-corrected chi connectivity index (χ2v) is 1.94. The van der Waals surface area contributed by atoms with Crippen molar-refractivity contribution in [3.8, 4) is 0 Å². The zero-order valence-electron chi connectivity index (χ0n) is 6.72. The summed E-state index contributed by atoms with van der Waals surface area (Å²) >= 11 is 0. The third kappa shape index (κ3) is 4.99. The third-order valence-electron chi connectivity index (χ3n) is 1.01. The van der Waals surface area contributed by atoms with Gasteiger partial charge < -0.3 is 15.3 Å². The van der Waals surface area contributed by atoms with Crippen molar-refractivity contribution in [3.05, 3.63) is 0 Å². The first kappa shape index (κ1) is 11.3. The summed E-state index contributed by atoms with van der Waals surface area (Å²) < 4.78 is 3.91. The molecule has 0 fully saturated rings. The van der Waals surface area contributed by atoms with Crippen molar-refractivity contribution >= 4 is 5.91 Å². The molecule has 0 unspecified atom stereocenters. The van der Waals surface area contributed by atoms with Gasteiger partial charge in [-0.1, -0.05) is 0 Å². The number of rotatable bonds is 4. The second kappa shape index (κ2) is 4.33. The Balaban J connectivity index is 3.72. The Labute approximate surface area is 68.7 Å². The second-order valence-electron chi connectivity index (χ2n) is 1.94. The summed E-state index contributed by atoms with van der Waals surface area (Å²) in [6, 6.07) is 0. The topological polar surface area (TPSA) is 99.5 Å². The van der Waals surface area contributed by atoms with Crippen LogP contribution in [0.25, 0.3) is 0 Å². The van der Waals surface area contributed by atoms with Crippen LogP contribution in [0.2, 0.25) is 0 Å². The van der Waals surface area contributed by atoms with Crippen LogP contribution >= 0.6 is 0 Å². The van der Waals surface area contributed by atoms with E-state index in [0.717, 1.165) is 5.06 Å². The standard InChI is InChI=1S/C5H11NO6/c1-6(11-2)4(7)3-12-5(8,9)10/h8-10H,3H2,1-2H3. The normalized spacial score (nSPS) is 11.4. The summed E-state index contributed by atoms with van der Waals surface area (Å²) in [6.45, 7) is -0.701. The van der Waals surface area contributed by atoms with Crippen LogP contribution in [0.1, 0.15) is 0 Å². The minimum atomic E-state index is -3.29. The Morgan fingerprint density at radius 1 is 1.50 bits per heavy atom. The van der Waals surface area contributed by atoms with E-state index in [1.807, 2.05) is 0 Å². The molecule has 0 spiro atoms. The van der Waals surface area contributed by atoms with Gasteiger partial charge in [-0.3, -0.25) is 14.4 Å². The predicted octanol–water partition coefficient (Wildman–Crippen LogP) is -2.39. The van der Waals surface area contributed by atoms with Crippen LogP contribution < -0.4 is 0 Å². The zero-order chi connectivity index (χ0) is 9.78. The van der Waals surface area contributed by atoms with Crippen LogP contribution in [-0.4, -0.2) is 53.2 Å². The Hall–Kier alpha value is -0.730. The molecule has 0 aromatic rings. The molecule has 0 radical (unpaired) electrons.